The van der Waals surface area contributed by atoms with Crippen LogP contribution < -0.4 is 5.32 Å². The van der Waals surface area contributed by atoms with Crippen molar-refractivity contribution in [1.29, 1.82) is 0 Å². The van der Waals surface area contributed by atoms with Crippen LogP contribution in [0.25, 0.3) is 0 Å². The number of benzene rings is 1. The summed E-state index contributed by atoms with van der Waals surface area (Å²) >= 11 is 1.42. The lowest BCUT2D eigenvalue weighted by molar-refractivity contribution is -0.137. The summed E-state index contributed by atoms with van der Waals surface area (Å²) in [4.78, 5) is 16.5. The molecule has 1 unspecified atom stereocenters. The van der Waals surface area contributed by atoms with E-state index in [1.54, 1.807) is 35.2 Å². The summed E-state index contributed by atoms with van der Waals surface area (Å²) in [5.41, 5.74) is 0.196. The van der Waals surface area contributed by atoms with E-state index in [1.165, 1.54) is 11.8 Å². The molecule has 2 heterocycles. The molecule has 1 N–H and O–H groups in total. The molecule has 1 atom stereocenters. The fraction of sp³-hybridized carbons (Fsp3) is 0.222. The number of aromatic nitrogens is 4. The molecule has 10 heteroatoms. The van der Waals surface area contributed by atoms with Crippen LogP contribution in [0.15, 0.2) is 54.1 Å². The van der Waals surface area contributed by atoms with Gasteiger partial charge in [0.05, 0.1) is 5.56 Å². The highest BCUT2D eigenvalue weighted by atomic mass is 32.2. The first-order valence-electron chi connectivity index (χ1n) is 8.20. The fourth-order valence-electron chi connectivity index (χ4n) is 2.52. The van der Waals surface area contributed by atoms with E-state index in [4.69, 9.17) is 0 Å². The van der Waals surface area contributed by atoms with E-state index in [9.17, 15) is 18.0 Å². The van der Waals surface area contributed by atoms with Gasteiger partial charge in [-0.2, -0.15) is 13.2 Å². The van der Waals surface area contributed by atoms with Crippen molar-refractivity contribution < 1.29 is 18.0 Å². The smallest absolute Gasteiger partial charge is 0.312 e. The Morgan fingerprint density at radius 2 is 2.00 bits per heavy atom. The Morgan fingerprint density at radius 1 is 1.25 bits per heavy atom. The first-order valence-corrected chi connectivity index (χ1v) is 9.08. The number of nitrogens with zero attached hydrogens (tertiary/aromatic N) is 4. The predicted octanol–water partition coefficient (Wildman–Crippen LogP) is 4.33. The summed E-state index contributed by atoms with van der Waals surface area (Å²) in [7, 11) is 1.81. The van der Waals surface area contributed by atoms with Crippen LogP contribution in [0.1, 0.15) is 33.7 Å². The van der Waals surface area contributed by atoms with E-state index in [0.717, 1.165) is 23.9 Å². The minimum absolute atomic E-state index is 0.140. The largest absolute Gasteiger partial charge is 0.416 e. The molecule has 0 saturated carbocycles. The molecule has 0 bridgehead atoms. The van der Waals surface area contributed by atoms with E-state index in [0.29, 0.717) is 10.7 Å². The van der Waals surface area contributed by atoms with Gasteiger partial charge in [-0.05, 0) is 30.7 Å². The molecule has 28 heavy (non-hydrogen) atoms. The highest BCUT2D eigenvalue weighted by Crippen LogP contribution is 2.35. The summed E-state index contributed by atoms with van der Waals surface area (Å²) in [6, 6.07) is 8.55. The molecule has 1 amide bonds. The van der Waals surface area contributed by atoms with Gasteiger partial charge in [-0.25, -0.2) is 4.98 Å². The van der Waals surface area contributed by atoms with Crippen LogP contribution in [-0.2, 0) is 13.2 Å². The van der Waals surface area contributed by atoms with Crippen LogP contribution >= 0.6 is 11.8 Å². The molecule has 0 radical (unpaired) electrons. The molecular formula is C18H16F3N5OS. The Labute approximate surface area is 163 Å². The van der Waals surface area contributed by atoms with E-state index >= 15 is 0 Å². The molecule has 6 nitrogen and oxygen atoms in total. The van der Waals surface area contributed by atoms with Gasteiger partial charge in [-0.15, -0.1) is 10.2 Å². The van der Waals surface area contributed by atoms with Crippen molar-refractivity contribution >= 4 is 23.5 Å². The van der Waals surface area contributed by atoms with Gasteiger partial charge in [-0.3, -0.25) is 4.79 Å². The average molecular weight is 407 g/mol. The third-order valence-electron chi connectivity index (χ3n) is 3.92. The second-order valence-electron chi connectivity index (χ2n) is 5.95. The summed E-state index contributed by atoms with van der Waals surface area (Å²) in [5.74, 6) is -0.698. The molecule has 1 aromatic carbocycles. The lowest BCUT2D eigenvalue weighted by Crippen LogP contribution is -2.16. The molecule has 2 aromatic heterocycles. The lowest BCUT2D eigenvalue weighted by atomic mass is 10.0. The number of alkyl halides is 3. The molecule has 0 aliphatic heterocycles. The third kappa shape index (κ3) is 4.50. The number of pyridine rings is 1. The SMILES string of the molecule is CC(Sc1nncn1C)c1ccccc1C(=O)Nc1cc(C(F)(F)F)ccn1. The van der Waals surface area contributed by atoms with Gasteiger partial charge in [0, 0.05) is 24.1 Å². The maximum Gasteiger partial charge on any atom is 0.416 e. The Balaban J connectivity index is 1.82. The zero-order valence-electron chi connectivity index (χ0n) is 14.9. The molecule has 0 aliphatic rings. The first kappa shape index (κ1) is 19.9. The number of hydrogen-bond acceptors (Lipinski definition) is 5. The van der Waals surface area contributed by atoms with Crippen LogP contribution in [0, 0.1) is 0 Å². The number of halogens is 3. The van der Waals surface area contributed by atoms with E-state index in [2.05, 4.69) is 20.5 Å². The highest BCUT2D eigenvalue weighted by molar-refractivity contribution is 7.99. The monoisotopic (exact) mass is 407 g/mol. The predicted molar refractivity (Wildman–Crippen MR) is 98.9 cm³/mol. The first-order chi connectivity index (χ1) is 13.3. The van der Waals surface area contributed by atoms with Crippen LogP contribution in [0.4, 0.5) is 19.0 Å². The number of rotatable bonds is 5. The Hall–Kier alpha value is -2.88. The van der Waals surface area contributed by atoms with Crippen molar-refractivity contribution in [2.45, 2.75) is 23.5 Å². The van der Waals surface area contributed by atoms with Crippen molar-refractivity contribution in [3.05, 3.63) is 65.6 Å². The minimum Gasteiger partial charge on any atom is -0.312 e. The minimum atomic E-state index is -4.51. The van der Waals surface area contributed by atoms with Gasteiger partial charge < -0.3 is 9.88 Å². The second kappa shape index (κ2) is 8.01. The Kier molecular flexibility index (Phi) is 5.68. The molecule has 3 rings (SSSR count). The third-order valence-corrected chi connectivity index (χ3v) is 5.11. The maximum absolute atomic E-state index is 12.9. The zero-order chi connectivity index (χ0) is 20.3. The molecule has 0 spiro atoms. The Bertz CT molecular complexity index is 989. The number of nitrogens with one attached hydrogen (secondary N) is 1. The molecular weight excluding hydrogens is 391 g/mol. The van der Waals surface area contributed by atoms with Crippen molar-refractivity contribution in [2.24, 2.45) is 7.05 Å². The van der Waals surface area contributed by atoms with Crippen molar-refractivity contribution in [1.82, 2.24) is 19.7 Å². The van der Waals surface area contributed by atoms with E-state index in [-0.39, 0.29) is 11.1 Å². The fourth-order valence-corrected chi connectivity index (χ4v) is 3.47. The second-order valence-corrected chi connectivity index (χ2v) is 7.26. The standard InChI is InChI=1S/C18H16F3N5OS/c1-11(28-17-25-23-10-26(17)2)13-5-3-4-6-14(13)16(27)24-15-9-12(7-8-22-15)18(19,20)21/h3-11H,1-2H3,(H,22,24,27). The summed E-state index contributed by atoms with van der Waals surface area (Å²) in [6.45, 7) is 1.91. The van der Waals surface area contributed by atoms with Gasteiger partial charge in [0.15, 0.2) is 5.16 Å². The van der Waals surface area contributed by atoms with Crippen LogP contribution in [0.5, 0.6) is 0 Å². The van der Waals surface area contributed by atoms with Crippen molar-refractivity contribution in [2.75, 3.05) is 5.32 Å². The topological polar surface area (TPSA) is 72.7 Å². The molecule has 0 aliphatic carbocycles. The molecule has 3 aromatic rings. The van der Waals surface area contributed by atoms with Gasteiger partial charge in [-0.1, -0.05) is 30.0 Å². The quantitative estimate of drug-likeness (QED) is 0.637. The zero-order valence-corrected chi connectivity index (χ0v) is 15.8. The van der Waals surface area contributed by atoms with Crippen molar-refractivity contribution in [3.63, 3.8) is 0 Å². The van der Waals surface area contributed by atoms with Gasteiger partial charge in [0.2, 0.25) is 0 Å². The van der Waals surface area contributed by atoms with E-state index < -0.39 is 17.6 Å². The van der Waals surface area contributed by atoms with Crippen LogP contribution in [0.2, 0.25) is 0 Å². The number of anilines is 1. The number of carbonyl (C=O) groups excluding carboxylic acids is 1. The lowest BCUT2D eigenvalue weighted by Gasteiger charge is -2.15. The van der Waals surface area contributed by atoms with Gasteiger partial charge in [0.25, 0.3) is 5.91 Å². The van der Waals surface area contributed by atoms with Gasteiger partial charge in [0.1, 0.15) is 12.1 Å². The number of carbonyl (C=O) groups is 1. The molecule has 0 saturated heterocycles. The molecule has 146 valence electrons. The summed E-state index contributed by atoms with van der Waals surface area (Å²) in [5, 5.41) is 10.8. The normalized spacial score (nSPS) is 12.6. The highest BCUT2D eigenvalue weighted by Gasteiger charge is 2.31. The number of thioether (sulfide) groups is 1. The molecule has 0 fully saturated rings. The Morgan fingerprint density at radius 3 is 2.68 bits per heavy atom. The number of amides is 1. The number of aryl methyl sites for hydroxylation is 1. The van der Waals surface area contributed by atoms with Gasteiger partial charge >= 0.3 is 6.18 Å². The number of hydrogen-bond donors (Lipinski definition) is 1. The maximum atomic E-state index is 12.9. The van der Waals surface area contributed by atoms with E-state index in [1.807, 2.05) is 14.0 Å². The summed E-state index contributed by atoms with van der Waals surface area (Å²) < 4.78 is 40.3. The summed E-state index contributed by atoms with van der Waals surface area (Å²) in [6.07, 6.45) is -1.93. The van der Waals surface area contributed by atoms with Crippen LogP contribution in [-0.4, -0.2) is 25.7 Å². The van der Waals surface area contributed by atoms with Crippen molar-refractivity contribution in [3.8, 4) is 0 Å². The van der Waals surface area contributed by atoms with Crippen LogP contribution in [0.3, 0.4) is 0 Å². The average Bonchev–Trinajstić information content (AvgIpc) is 3.06.